The Bertz CT molecular complexity index is 1230. The molecule has 3 aromatic rings. The molecule has 1 aliphatic heterocycles. The molecule has 4 aliphatic rings. The summed E-state index contributed by atoms with van der Waals surface area (Å²) in [6.45, 7) is 0. The van der Waals surface area contributed by atoms with E-state index in [1.807, 2.05) is 48.5 Å². The molecule has 2 bridgehead atoms. The Balaban J connectivity index is 1.58. The highest BCUT2D eigenvalue weighted by atomic mass is 79.9. The first kappa shape index (κ1) is 18.9. The number of imide groups is 1. The third-order valence-electron chi connectivity index (χ3n) is 6.87. The van der Waals surface area contributed by atoms with E-state index in [2.05, 4.69) is 15.9 Å². The average molecular weight is 477 g/mol. The van der Waals surface area contributed by atoms with E-state index >= 15 is 0 Å². The molecule has 1 unspecified atom stereocenters. The largest absolute Gasteiger partial charge is 0.595 e. The lowest BCUT2D eigenvalue weighted by Crippen LogP contribution is -2.99. The number of nitrogens with zero attached hydrogens (tertiary/aromatic N) is 1. The maximum absolute atomic E-state index is 13.8. The lowest BCUT2D eigenvalue weighted by Gasteiger charge is -2.51. The van der Waals surface area contributed by atoms with Gasteiger partial charge in [0.25, 0.3) is 0 Å². The first-order valence-corrected chi connectivity index (χ1v) is 10.8. The van der Waals surface area contributed by atoms with E-state index in [-0.39, 0.29) is 23.4 Å². The third kappa shape index (κ3) is 2.26. The number of carbonyl (C=O) groups is 2. The Hall–Kier alpha value is -2.84. The molecule has 1 heterocycles. The van der Waals surface area contributed by atoms with Gasteiger partial charge in [-0.15, -0.1) is 0 Å². The van der Waals surface area contributed by atoms with Gasteiger partial charge in [-0.2, -0.15) is 5.23 Å². The number of halogens is 1. The minimum Gasteiger partial charge on any atom is -0.595 e. The number of anilines is 1. The first-order chi connectivity index (χ1) is 14.9. The van der Waals surface area contributed by atoms with Crippen molar-refractivity contribution < 1.29 is 20.0 Å². The van der Waals surface area contributed by atoms with Crippen LogP contribution in [0, 0.1) is 17.0 Å². The molecule has 3 aromatic carbocycles. The summed E-state index contributed by atoms with van der Waals surface area (Å²) in [4.78, 5) is 28.7. The van der Waals surface area contributed by atoms with Crippen LogP contribution >= 0.6 is 15.9 Å². The predicted molar refractivity (Wildman–Crippen MR) is 116 cm³/mol. The average Bonchev–Trinajstić information content (AvgIpc) is 3.06. The zero-order valence-corrected chi connectivity index (χ0v) is 17.7. The van der Waals surface area contributed by atoms with Crippen LogP contribution in [0.5, 0.6) is 0 Å². The van der Waals surface area contributed by atoms with Gasteiger partial charge >= 0.3 is 0 Å². The van der Waals surface area contributed by atoms with Gasteiger partial charge in [0.05, 0.1) is 21.8 Å². The first-order valence-electron chi connectivity index (χ1n) is 10.0. The summed E-state index contributed by atoms with van der Waals surface area (Å²) in [5, 5.41) is 19.7. The molecule has 31 heavy (non-hydrogen) atoms. The number of benzene rings is 3. The summed E-state index contributed by atoms with van der Waals surface area (Å²) in [5.41, 5.74) is 4.48. The van der Waals surface area contributed by atoms with Crippen molar-refractivity contribution in [2.75, 3.05) is 4.90 Å². The van der Waals surface area contributed by atoms with Crippen LogP contribution < -0.4 is 10.1 Å². The molecule has 7 heteroatoms. The molecule has 7 rings (SSSR count). The number of hydrogen-bond donors (Lipinski definition) is 2. The normalized spacial score (nSPS) is 28.9. The minimum atomic E-state index is -1.10. The Kier molecular flexibility index (Phi) is 3.86. The Morgan fingerprint density at radius 1 is 0.903 bits per heavy atom. The number of alkyl halides is 1. The summed E-state index contributed by atoms with van der Waals surface area (Å²) in [6, 6.07) is 22.0. The lowest BCUT2D eigenvalue weighted by atomic mass is 9.55. The fraction of sp³-hybridized carbons (Fsp3) is 0.167. The van der Waals surface area contributed by atoms with Crippen LogP contribution in [0.3, 0.4) is 0 Å². The number of quaternary nitrogens is 1. The van der Waals surface area contributed by atoms with Crippen LogP contribution in [-0.2, 0) is 13.9 Å². The van der Waals surface area contributed by atoms with Crippen molar-refractivity contribution in [1.29, 1.82) is 0 Å². The fourth-order valence-electron chi connectivity index (χ4n) is 5.71. The Morgan fingerprint density at radius 2 is 1.52 bits per heavy atom. The molecule has 1 saturated heterocycles. The van der Waals surface area contributed by atoms with Gasteiger partial charge in [-0.3, -0.25) is 9.59 Å². The van der Waals surface area contributed by atoms with Crippen molar-refractivity contribution in [3.05, 3.63) is 100 Å². The maximum atomic E-state index is 13.8. The van der Waals surface area contributed by atoms with Gasteiger partial charge in [0.1, 0.15) is 0 Å². The molecule has 0 aromatic heterocycles. The van der Waals surface area contributed by atoms with Crippen LogP contribution in [0.1, 0.15) is 28.2 Å². The van der Waals surface area contributed by atoms with Crippen LogP contribution in [-0.4, -0.2) is 17.0 Å². The molecule has 6 nitrogen and oxygen atoms in total. The smallest absolute Gasteiger partial charge is 0.239 e. The number of amides is 2. The number of hydrogen-bond acceptors (Lipinski definition) is 4. The molecule has 0 saturated carbocycles. The minimum absolute atomic E-state index is 0.0380. The molecular weight excluding hydrogens is 460 g/mol. The van der Waals surface area contributed by atoms with Gasteiger partial charge < -0.3 is 5.21 Å². The SMILES string of the molecule is O=C1[C@H]2C3c4ccccc4C(Br)(c4ccccc43)[C@H]2C(=O)N1c1cccc([NH+]([O-])O)c1. The zero-order valence-electron chi connectivity index (χ0n) is 16.2. The standard InChI is InChI=1S/C24H17BrN2O4/c25-24-17-10-3-1-8-15(17)19(16-9-2-4-11-18(16)24)20-21(24)23(29)26(22(20)28)13-6-5-7-14(12-13)27(30)31/h1-12,19-21,27,30H/t19?,20-,21+,24?/m0/s1. The third-order valence-corrected chi connectivity index (χ3v) is 8.21. The molecule has 2 amide bonds. The summed E-state index contributed by atoms with van der Waals surface area (Å²) in [7, 11) is 0. The van der Waals surface area contributed by atoms with Crippen molar-refractivity contribution in [2.24, 2.45) is 11.8 Å². The van der Waals surface area contributed by atoms with Gasteiger partial charge in [-0.1, -0.05) is 70.5 Å². The van der Waals surface area contributed by atoms with Gasteiger partial charge in [-0.05, 0) is 28.3 Å². The van der Waals surface area contributed by atoms with Crippen LogP contribution in [0.25, 0.3) is 0 Å². The van der Waals surface area contributed by atoms with E-state index in [4.69, 9.17) is 0 Å². The summed E-state index contributed by atoms with van der Waals surface area (Å²) < 4.78 is -0.814. The van der Waals surface area contributed by atoms with Crippen molar-refractivity contribution in [2.45, 2.75) is 10.2 Å². The van der Waals surface area contributed by atoms with Gasteiger partial charge in [-0.25, -0.2) is 10.1 Å². The van der Waals surface area contributed by atoms with E-state index in [0.717, 1.165) is 22.3 Å². The molecule has 0 radical (unpaired) electrons. The second-order valence-electron chi connectivity index (χ2n) is 8.23. The summed E-state index contributed by atoms with van der Waals surface area (Å²) in [6.07, 6.45) is 0. The topological polar surface area (TPSA) is 85.1 Å². The molecule has 0 spiro atoms. The molecular formula is C24H17BrN2O4. The van der Waals surface area contributed by atoms with Gasteiger partial charge in [0, 0.05) is 18.1 Å². The molecule has 154 valence electrons. The zero-order chi connectivity index (χ0) is 21.5. The Morgan fingerprint density at radius 3 is 2.13 bits per heavy atom. The van der Waals surface area contributed by atoms with Crippen LogP contribution in [0.15, 0.2) is 72.8 Å². The van der Waals surface area contributed by atoms with Gasteiger partial charge in [0.2, 0.25) is 11.8 Å². The van der Waals surface area contributed by atoms with E-state index in [0.29, 0.717) is 5.69 Å². The fourth-order valence-corrected chi connectivity index (χ4v) is 6.91. The Labute approximate surface area is 186 Å². The van der Waals surface area contributed by atoms with Crippen molar-refractivity contribution >= 4 is 39.1 Å². The lowest BCUT2D eigenvalue weighted by molar-refractivity contribution is -0.991. The van der Waals surface area contributed by atoms with E-state index in [1.54, 1.807) is 12.1 Å². The van der Waals surface area contributed by atoms with Crippen molar-refractivity contribution in [1.82, 2.24) is 0 Å². The van der Waals surface area contributed by atoms with E-state index < -0.39 is 21.4 Å². The van der Waals surface area contributed by atoms with E-state index in [9.17, 15) is 20.0 Å². The number of carbonyl (C=O) groups excluding carboxylic acids is 2. The monoisotopic (exact) mass is 476 g/mol. The van der Waals surface area contributed by atoms with Crippen molar-refractivity contribution in [3.63, 3.8) is 0 Å². The highest BCUT2D eigenvalue weighted by Crippen LogP contribution is 2.66. The van der Waals surface area contributed by atoms with Crippen molar-refractivity contribution in [3.8, 4) is 0 Å². The molecule has 3 aliphatic carbocycles. The second kappa shape index (κ2) is 6.34. The number of nitrogens with one attached hydrogen (secondary N) is 1. The highest BCUT2D eigenvalue weighted by molar-refractivity contribution is 9.09. The molecule has 3 atom stereocenters. The summed E-state index contributed by atoms with van der Waals surface area (Å²) in [5.74, 6) is -1.96. The molecule has 2 N–H and O–H groups in total. The highest BCUT2D eigenvalue weighted by Gasteiger charge is 2.67. The summed E-state index contributed by atoms with van der Waals surface area (Å²) >= 11 is 3.95. The van der Waals surface area contributed by atoms with E-state index in [1.165, 1.54) is 17.0 Å². The number of rotatable bonds is 2. The predicted octanol–water partition coefficient (Wildman–Crippen LogP) is 2.99. The second-order valence-corrected chi connectivity index (χ2v) is 9.49. The quantitative estimate of drug-likeness (QED) is 0.338. The van der Waals surface area contributed by atoms with Crippen LogP contribution in [0.4, 0.5) is 11.4 Å². The maximum Gasteiger partial charge on any atom is 0.239 e. The van der Waals surface area contributed by atoms with Gasteiger partial charge in [0.15, 0.2) is 5.69 Å². The molecule has 1 fully saturated rings. The van der Waals surface area contributed by atoms with Crippen LogP contribution in [0.2, 0.25) is 0 Å².